The van der Waals surface area contributed by atoms with Crippen LogP contribution < -0.4 is 5.73 Å². The lowest BCUT2D eigenvalue weighted by molar-refractivity contribution is 0.0738. The van der Waals surface area contributed by atoms with Gasteiger partial charge < -0.3 is 10.6 Å². The van der Waals surface area contributed by atoms with Crippen LogP contribution >= 0.6 is 0 Å². The maximum Gasteiger partial charge on any atom is 0.260 e. The number of carbonyl (C=O) groups is 1. The second-order valence-corrected chi connectivity index (χ2v) is 4.60. The normalized spacial score (nSPS) is 10.4. The quantitative estimate of drug-likeness (QED) is 0.920. The second-order valence-electron chi connectivity index (χ2n) is 4.60. The summed E-state index contributed by atoms with van der Waals surface area (Å²) < 4.78 is 27.4. The molecule has 1 amide bonds. The van der Waals surface area contributed by atoms with Gasteiger partial charge in [-0.3, -0.25) is 4.79 Å². The van der Waals surface area contributed by atoms with Gasteiger partial charge in [0.15, 0.2) is 0 Å². The van der Waals surface area contributed by atoms with E-state index in [1.54, 1.807) is 0 Å². The molecule has 2 N–H and O–H groups in total. The fraction of sp³-hybridized carbons (Fsp3) is 0.188. The molecular weight excluding hydrogens is 274 g/mol. The number of halogens is 2. The van der Waals surface area contributed by atoms with Crippen LogP contribution in [0, 0.1) is 11.6 Å². The molecule has 0 spiro atoms. The van der Waals surface area contributed by atoms with Crippen molar-refractivity contribution >= 4 is 5.91 Å². The molecule has 0 aliphatic heterocycles. The zero-order valence-electron chi connectivity index (χ0n) is 11.4. The minimum absolute atomic E-state index is 0.217. The van der Waals surface area contributed by atoms with E-state index in [-0.39, 0.29) is 19.6 Å². The molecule has 5 heteroatoms. The first-order valence-electron chi connectivity index (χ1n) is 6.60. The lowest BCUT2D eigenvalue weighted by atomic mass is 10.1. The predicted octanol–water partition coefficient (Wildman–Crippen LogP) is 2.57. The van der Waals surface area contributed by atoms with Crippen molar-refractivity contribution in [3.05, 3.63) is 71.3 Å². The van der Waals surface area contributed by atoms with E-state index in [4.69, 9.17) is 5.73 Å². The Kier molecular flexibility index (Phi) is 5.00. The first-order chi connectivity index (χ1) is 10.1. The van der Waals surface area contributed by atoms with E-state index in [1.165, 1.54) is 11.0 Å². The number of amides is 1. The molecule has 0 heterocycles. The Balaban J connectivity index is 2.27. The molecule has 0 saturated heterocycles. The maximum absolute atomic E-state index is 13.7. The molecule has 3 nitrogen and oxygen atoms in total. The molecule has 2 rings (SSSR count). The zero-order chi connectivity index (χ0) is 15.2. The smallest absolute Gasteiger partial charge is 0.260 e. The SMILES string of the molecule is NCCN(Cc1ccccc1)C(=O)c1c(F)cccc1F. The summed E-state index contributed by atoms with van der Waals surface area (Å²) in [6.07, 6.45) is 0. The van der Waals surface area contributed by atoms with Crippen molar-refractivity contribution in [1.82, 2.24) is 4.90 Å². The molecule has 0 saturated carbocycles. The van der Waals surface area contributed by atoms with Gasteiger partial charge in [0.1, 0.15) is 17.2 Å². The Morgan fingerprint density at radius 1 is 1.00 bits per heavy atom. The van der Waals surface area contributed by atoms with Crippen LogP contribution in [0.5, 0.6) is 0 Å². The fourth-order valence-corrected chi connectivity index (χ4v) is 2.07. The van der Waals surface area contributed by atoms with Crippen molar-refractivity contribution in [1.29, 1.82) is 0 Å². The third kappa shape index (κ3) is 3.64. The molecule has 0 atom stereocenters. The predicted molar refractivity (Wildman–Crippen MR) is 76.6 cm³/mol. The first kappa shape index (κ1) is 15.1. The van der Waals surface area contributed by atoms with Gasteiger partial charge in [0.25, 0.3) is 5.91 Å². The van der Waals surface area contributed by atoms with E-state index in [2.05, 4.69) is 0 Å². The van der Waals surface area contributed by atoms with E-state index in [9.17, 15) is 13.6 Å². The highest BCUT2D eigenvalue weighted by Crippen LogP contribution is 2.16. The Morgan fingerprint density at radius 2 is 1.62 bits per heavy atom. The number of rotatable bonds is 5. The highest BCUT2D eigenvalue weighted by Gasteiger charge is 2.22. The Hall–Kier alpha value is -2.27. The average molecular weight is 290 g/mol. The van der Waals surface area contributed by atoms with Gasteiger partial charge in [-0.25, -0.2) is 8.78 Å². The molecular formula is C16H16F2N2O. The van der Waals surface area contributed by atoms with Gasteiger partial charge in [0.05, 0.1) is 0 Å². The van der Waals surface area contributed by atoms with Gasteiger partial charge in [-0.05, 0) is 17.7 Å². The van der Waals surface area contributed by atoms with Gasteiger partial charge >= 0.3 is 0 Å². The van der Waals surface area contributed by atoms with Crippen molar-refractivity contribution in [2.45, 2.75) is 6.54 Å². The van der Waals surface area contributed by atoms with Crippen molar-refractivity contribution in [2.75, 3.05) is 13.1 Å². The van der Waals surface area contributed by atoms with E-state index in [0.29, 0.717) is 0 Å². The zero-order valence-corrected chi connectivity index (χ0v) is 11.4. The number of nitrogens with zero attached hydrogens (tertiary/aromatic N) is 1. The maximum atomic E-state index is 13.7. The molecule has 2 aromatic rings. The summed E-state index contributed by atoms with van der Waals surface area (Å²) in [5.41, 5.74) is 5.83. The van der Waals surface area contributed by atoms with E-state index >= 15 is 0 Å². The summed E-state index contributed by atoms with van der Waals surface area (Å²) in [6.45, 7) is 0.695. The summed E-state index contributed by atoms with van der Waals surface area (Å²) >= 11 is 0. The van der Waals surface area contributed by atoms with Crippen LogP contribution in [0.4, 0.5) is 8.78 Å². The van der Waals surface area contributed by atoms with E-state index in [0.717, 1.165) is 17.7 Å². The third-order valence-corrected chi connectivity index (χ3v) is 3.08. The average Bonchev–Trinajstić information content (AvgIpc) is 2.47. The first-order valence-corrected chi connectivity index (χ1v) is 6.60. The number of nitrogens with two attached hydrogens (primary N) is 1. The summed E-state index contributed by atoms with van der Waals surface area (Å²) in [4.78, 5) is 13.7. The molecule has 0 fully saturated rings. The molecule has 0 radical (unpaired) electrons. The number of benzene rings is 2. The van der Waals surface area contributed by atoms with Crippen molar-refractivity contribution in [3.8, 4) is 0 Å². The van der Waals surface area contributed by atoms with Crippen LogP contribution in [-0.4, -0.2) is 23.9 Å². The molecule has 0 bridgehead atoms. The topological polar surface area (TPSA) is 46.3 Å². The Bertz CT molecular complexity index is 597. The summed E-state index contributed by atoms with van der Waals surface area (Å²) in [5, 5.41) is 0. The van der Waals surface area contributed by atoms with Crippen molar-refractivity contribution in [3.63, 3.8) is 0 Å². The lowest BCUT2D eigenvalue weighted by Gasteiger charge is -2.22. The summed E-state index contributed by atoms with van der Waals surface area (Å²) in [5.74, 6) is -2.43. The van der Waals surface area contributed by atoms with Crippen LogP contribution in [0.1, 0.15) is 15.9 Å². The van der Waals surface area contributed by atoms with Crippen LogP contribution in [-0.2, 0) is 6.54 Å². The molecule has 0 aliphatic rings. The van der Waals surface area contributed by atoms with Crippen LogP contribution in [0.2, 0.25) is 0 Å². The Labute approximate surface area is 122 Å². The van der Waals surface area contributed by atoms with Gasteiger partial charge in [-0.15, -0.1) is 0 Å². The molecule has 0 aromatic heterocycles. The highest BCUT2D eigenvalue weighted by molar-refractivity contribution is 5.94. The number of carbonyl (C=O) groups excluding carboxylic acids is 1. The van der Waals surface area contributed by atoms with Gasteiger partial charge in [0, 0.05) is 19.6 Å². The molecule has 0 aliphatic carbocycles. The van der Waals surface area contributed by atoms with Crippen LogP contribution in [0.15, 0.2) is 48.5 Å². The van der Waals surface area contributed by atoms with Gasteiger partial charge in [-0.1, -0.05) is 36.4 Å². The molecule has 2 aromatic carbocycles. The second kappa shape index (κ2) is 6.95. The van der Waals surface area contributed by atoms with Gasteiger partial charge in [0.2, 0.25) is 0 Å². The Morgan fingerprint density at radius 3 is 2.19 bits per heavy atom. The molecule has 0 unspecified atom stereocenters. The monoisotopic (exact) mass is 290 g/mol. The molecule has 110 valence electrons. The summed E-state index contributed by atoms with van der Waals surface area (Å²) in [7, 11) is 0. The molecule has 21 heavy (non-hydrogen) atoms. The standard InChI is InChI=1S/C16H16F2N2O/c17-13-7-4-8-14(18)15(13)16(21)20(10-9-19)11-12-5-2-1-3-6-12/h1-8H,9-11,19H2. The van der Waals surface area contributed by atoms with E-state index in [1.807, 2.05) is 30.3 Å². The lowest BCUT2D eigenvalue weighted by Crippen LogP contribution is -2.35. The van der Waals surface area contributed by atoms with Gasteiger partial charge in [-0.2, -0.15) is 0 Å². The largest absolute Gasteiger partial charge is 0.333 e. The minimum atomic E-state index is -0.866. The minimum Gasteiger partial charge on any atom is -0.333 e. The summed E-state index contributed by atoms with van der Waals surface area (Å²) in [6, 6.07) is 12.6. The van der Waals surface area contributed by atoms with Crippen LogP contribution in [0.25, 0.3) is 0 Å². The van der Waals surface area contributed by atoms with E-state index < -0.39 is 23.1 Å². The highest BCUT2D eigenvalue weighted by atomic mass is 19.1. The van der Waals surface area contributed by atoms with Crippen molar-refractivity contribution < 1.29 is 13.6 Å². The number of hydrogen-bond donors (Lipinski definition) is 1. The van der Waals surface area contributed by atoms with Crippen molar-refractivity contribution in [2.24, 2.45) is 5.73 Å². The fourth-order valence-electron chi connectivity index (χ4n) is 2.07. The number of hydrogen-bond acceptors (Lipinski definition) is 2. The van der Waals surface area contributed by atoms with Crippen LogP contribution in [0.3, 0.4) is 0 Å². The third-order valence-electron chi connectivity index (χ3n) is 3.08.